The number of ketones is 1. The maximum atomic E-state index is 12.0. The van der Waals surface area contributed by atoms with Gasteiger partial charge in [-0.1, -0.05) is 11.6 Å². The quantitative estimate of drug-likeness (QED) is 0.821. The van der Waals surface area contributed by atoms with Crippen LogP contribution in [0.5, 0.6) is 0 Å². The molecule has 2 rings (SSSR count). The zero-order valence-corrected chi connectivity index (χ0v) is 9.36. The number of nitrogens with zero attached hydrogens (tertiary/aromatic N) is 2. The molecule has 0 saturated heterocycles. The van der Waals surface area contributed by atoms with E-state index in [1.54, 1.807) is 19.2 Å². The number of hydrogen-bond donors (Lipinski definition) is 1. The molecule has 0 aliphatic rings. The van der Waals surface area contributed by atoms with Crippen LogP contribution in [-0.2, 0) is 13.6 Å². The highest BCUT2D eigenvalue weighted by Crippen LogP contribution is 2.19. The van der Waals surface area contributed by atoms with Crippen molar-refractivity contribution in [1.29, 1.82) is 0 Å². The van der Waals surface area contributed by atoms with E-state index in [-0.39, 0.29) is 18.1 Å². The Balaban J connectivity index is 2.39. The van der Waals surface area contributed by atoms with Crippen molar-refractivity contribution < 1.29 is 9.21 Å². The van der Waals surface area contributed by atoms with Gasteiger partial charge in [0.2, 0.25) is 5.78 Å². The lowest BCUT2D eigenvalue weighted by Gasteiger charge is -1.99. The molecule has 0 aromatic carbocycles. The molecule has 0 atom stereocenters. The van der Waals surface area contributed by atoms with Crippen LogP contribution in [0.4, 0.5) is 0 Å². The molecule has 2 aromatic rings. The third-order valence-corrected chi connectivity index (χ3v) is 2.47. The van der Waals surface area contributed by atoms with Crippen LogP contribution in [0.1, 0.15) is 22.0 Å². The summed E-state index contributed by atoms with van der Waals surface area (Å²) in [6, 6.07) is 3.24. The zero-order chi connectivity index (χ0) is 11.7. The number of halogens is 1. The van der Waals surface area contributed by atoms with E-state index in [9.17, 15) is 4.79 Å². The van der Waals surface area contributed by atoms with Gasteiger partial charge in [-0.25, -0.2) is 0 Å². The third-order valence-electron chi connectivity index (χ3n) is 2.20. The van der Waals surface area contributed by atoms with E-state index in [2.05, 4.69) is 5.10 Å². The Hall–Kier alpha value is -1.59. The number of rotatable bonds is 3. The predicted molar refractivity (Wildman–Crippen MR) is 58.2 cm³/mol. The van der Waals surface area contributed by atoms with Gasteiger partial charge < -0.3 is 10.2 Å². The van der Waals surface area contributed by atoms with Crippen molar-refractivity contribution in [2.24, 2.45) is 12.8 Å². The Morgan fingerprint density at radius 3 is 2.88 bits per heavy atom. The zero-order valence-electron chi connectivity index (χ0n) is 8.61. The first kappa shape index (κ1) is 10.9. The van der Waals surface area contributed by atoms with Gasteiger partial charge in [-0.05, 0) is 12.1 Å². The summed E-state index contributed by atoms with van der Waals surface area (Å²) in [5, 5.41) is 4.19. The van der Waals surface area contributed by atoms with E-state index < -0.39 is 0 Å². The van der Waals surface area contributed by atoms with Crippen molar-refractivity contribution in [1.82, 2.24) is 9.78 Å². The first-order chi connectivity index (χ1) is 7.63. The summed E-state index contributed by atoms with van der Waals surface area (Å²) in [4.78, 5) is 12.0. The second-order valence-electron chi connectivity index (χ2n) is 3.26. The van der Waals surface area contributed by atoms with Gasteiger partial charge in [0.15, 0.2) is 5.76 Å². The molecule has 16 heavy (non-hydrogen) atoms. The Kier molecular flexibility index (Phi) is 2.80. The lowest BCUT2D eigenvalue weighted by Crippen LogP contribution is -2.08. The van der Waals surface area contributed by atoms with Crippen LogP contribution >= 0.6 is 11.6 Å². The average Bonchev–Trinajstić information content (AvgIpc) is 2.85. The fraction of sp³-hybridized carbons (Fsp3) is 0.200. The molecular weight excluding hydrogens is 230 g/mol. The number of nitrogens with two attached hydrogens (primary N) is 1. The topological polar surface area (TPSA) is 74.0 Å². The summed E-state index contributed by atoms with van der Waals surface area (Å²) in [6.45, 7) is 0.256. The van der Waals surface area contributed by atoms with Gasteiger partial charge in [0.05, 0.1) is 17.8 Å². The average molecular weight is 240 g/mol. The summed E-state index contributed by atoms with van der Waals surface area (Å²) in [7, 11) is 1.64. The Morgan fingerprint density at radius 2 is 2.38 bits per heavy atom. The fourth-order valence-corrected chi connectivity index (χ4v) is 1.64. The molecule has 2 aromatic heterocycles. The second kappa shape index (κ2) is 4.11. The first-order valence-electron chi connectivity index (χ1n) is 4.64. The molecule has 0 bridgehead atoms. The number of furan rings is 1. The van der Waals surface area contributed by atoms with E-state index in [0.29, 0.717) is 16.5 Å². The van der Waals surface area contributed by atoms with Crippen molar-refractivity contribution >= 4 is 17.4 Å². The minimum Gasteiger partial charge on any atom is -0.456 e. The largest absolute Gasteiger partial charge is 0.456 e. The number of hydrogen-bond acceptors (Lipinski definition) is 4. The van der Waals surface area contributed by atoms with Crippen LogP contribution in [0.15, 0.2) is 22.7 Å². The van der Waals surface area contributed by atoms with Crippen LogP contribution in [0, 0.1) is 0 Å². The normalized spacial score (nSPS) is 10.7. The SMILES string of the molecule is Cn1ncc(Cl)c1C(=O)c1ccc(CN)o1. The summed E-state index contributed by atoms with van der Waals surface area (Å²) in [5.74, 6) is 0.470. The molecular formula is C10H10ClN3O2. The highest BCUT2D eigenvalue weighted by atomic mass is 35.5. The van der Waals surface area contributed by atoms with Crippen LogP contribution in [0.3, 0.4) is 0 Å². The molecule has 0 fully saturated rings. The van der Waals surface area contributed by atoms with Crippen LogP contribution in [0.2, 0.25) is 5.02 Å². The van der Waals surface area contributed by atoms with Gasteiger partial charge in [-0.15, -0.1) is 0 Å². The van der Waals surface area contributed by atoms with Crippen molar-refractivity contribution in [3.8, 4) is 0 Å². The maximum absolute atomic E-state index is 12.0. The van der Waals surface area contributed by atoms with Gasteiger partial charge in [0.25, 0.3) is 0 Å². The summed E-state index contributed by atoms with van der Waals surface area (Å²) in [5.41, 5.74) is 5.70. The van der Waals surface area contributed by atoms with Crippen molar-refractivity contribution in [2.45, 2.75) is 6.54 Å². The third kappa shape index (κ3) is 1.75. The molecule has 0 spiro atoms. The van der Waals surface area contributed by atoms with Crippen molar-refractivity contribution in [2.75, 3.05) is 0 Å². The number of carbonyl (C=O) groups is 1. The molecule has 0 unspecified atom stereocenters. The van der Waals surface area contributed by atoms with Crippen LogP contribution < -0.4 is 5.73 Å². The molecule has 0 saturated carbocycles. The molecule has 0 aliphatic carbocycles. The molecule has 6 heteroatoms. The fourth-order valence-electron chi connectivity index (χ4n) is 1.39. The van der Waals surface area contributed by atoms with Crippen molar-refractivity contribution in [3.05, 3.63) is 40.6 Å². The number of aromatic nitrogens is 2. The van der Waals surface area contributed by atoms with Gasteiger partial charge >= 0.3 is 0 Å². The molecule has 0 radical (unpaired) electrons. The maximum Gasteiger partial charge on any atom is 0.247 e. The summed E-state index contributed by atoms with van der Waals surface area (Å²) < 4.78 is 6.67. The van der Waals surface area contributed by atoms with Gasteiger partial charge in [0, 0.05) is 7.05 Å². The lowest BCUT2D eigenvalue weighted by atomic mass is 10.2. The molecule has 0 amide bonds. The monoisotopic (exact) mass is 239 g/mol. The Morgan fingerprint density at radius 1 is 1.62 bits per heavy atom. The summed E-state index contributed by atoms with van der Waals surface area (Å²) >= 11 is 5.86. The molecule has 84 valence electrons. The number of aryl methyl sites for hydroxylation is 1. The van der Waals surface area contributed by atoms with E-state index in [1.165, 1.54) is 10.9 Å². The van der Waals surface area contributed by atoms with Gasteiger partial charge in [0.1, 0.15) is 11.5 Å². The van der Waals surface area contributed by atoms with Crippen LogP contribution in [0.25, 0.3) is 0 Å². The minimum atomic E-state index is -0.301. The molecule has 0 aliphatic heterocycles. The van der Waals surface area contributed by atoms with Crippen LogP contribution in [-0.4, -0.2) is 15.6 Å². The van der Waals surface area contributed by atoms with E-state index >= 15 is 0 Å². The van der Waals surface area contributed by atoms with E-state index in [0.717, 1.165) is 0 Å². The number of carbonyl (C=O) groups excluding carboxylic acids is 1. The molecule has 2 heterocycles. The summed E-state index contributed by atoms with van der Waals surface area (Å²) in [6.07, 6.45) is 1.42. The molecule has 5 nitrogen and oxygen atoms in total. The van der Waals surface area contributed by atoms with Gasteiger partial charge in [-0.3, -0.25) is 9.48 Å². The minimum absolute atomic E-state index is 0.214. The lowest BCUT2D eigenvalue weighted by molar-refractivity contribution is 0.0999. The highest BCUT2D eigenvalue weighted by molar-refractivity contribution is 6.34. The highest BCUT2D eigenvalue weighted by Gasteiger charge is 2.20. The molecule has 2 N–H and O–H groups in total. The van der Waals surface area contributed by atoms with E-state index in [1.807, 2.05) is 0 Å². The Bertz CT molecular complexity index is 510. The Labute approximate surface area is 96.8 Å². The standard InChI is InChI=1S/C10H10ClN3O2/c1-14-9(7(11)5-13-14)10(15)8-3-2-6(4-12)16-8/h2-3,5H,4,12H2,1H3. The predicted octanol–water partition coefficient (Wildman–Crippen LogP) is 1.36. The smallest absolute Gasteiger partial charge is 0.247 e. The van der Waals surface area contributed by atoms with E-state index in [4.69, 9.17) is 21.8 Å². The van der Waals surface area contributed by atoms with Gasteiger partial charge in [-0.2, -0.15) is 5.10 Å². The second-order valence-corrected chi connectivity index (χ2v) is 3.67. The first-order valence-corrected chi connectivity index (χ1v) is 5.02. The van der Waals surface area contributed by atoms with Crippen molar-refractivity contribution in [3.63, 3.8) is 0 Å².